The van der Waals surface area contributed by atoms with Gasteiger partial charge in [-0.25, -0.2) is 5.26 Å². The van der Waals surface area contributed by atoms with E-state index in [0.717, 1.165) is 0 Å². The van der Waals surface area contributed by atoms with Gasteiger partial charge in [-0.05, 0) is 0 Å². The van der Waals surface area contributed by atoms with Crippen molar-refractivity contribution in [2.24, 2.45) is 0 Å². The molecular formula is HAlFO3Si+3. The number of hydrogen-bond donors (Lipinski definition) is 1. The van der Waals surface area contributed by atoms with E-state index in [4.69, 9.17) is 9.72 Å². The quantitative estimate of drug-likeness (QED) is 0.221. The molecule has 0 aromatic heterocycles. The van der Waals surface area contributed by atoms with Crippen molar-refractivity contribution in [2.45, 2.75) is 0 Å². The first-order valence-electron chi connectivity index (χ1n) is 0.780. The first kappa shape index (κ1) is 9.53. The monoisotopic (exact) mass is 123 g/mol. The van der Waals surface area contributed by atoms with Crippen molar-refractivity contribution in [3.05, 3.63) is 0 Å². The zero-order chi connectivity index (χ0) is 4.28. The van der Waals surface area contributed by atoms with Crippen molar-refractivity contribution in [1.29, 1.82) is 0 Å². The van der Waals surface area contributed by atoms with E-state index in [2.05, 4.69) is 4.58 Å². The Morgan fingerprint density at radius 3 is 2.00 bits per heavy atom. The van der Waals surface area contributed by atoms with Gasteiger partial charge in [0.05, 0.1) is 0 Å². The van der Waals surface area contributed by atoms with Gasteiger partial charge in [0.15, 0.2) is 0 Å². The molecule has 30 valence electrons. The van der Waals surface area contributed by atoms with Crippen molar-refractivity contribution >= 4 is 26.6 Å². The maximum Gasteiger partial charge on any atom is 3.00 e. The molecule has 0 aliphatic rings. The normalized spacial score (nSPS) is 5.67. The third-order valence-corrected chi connectivity index (χ3v) is 0.215. The molecule has 0 saturated heterocycles. The van der Waals surface area contributed by atoms with Crippen LogP contribution in [-0.4, -0.2) is 31.9 Å². The third kappa shape index (κ3) is 8.87. The molecule has 6 heteroatoms. The van der Waals surface area contributed by atoms with Crippen molar-refractivity contribution in [3.63, 3.8) is 0 Å². The minimum atomic E-state index is -3.57. The molecule has 6 heavy (non-hydrogen) atoms. The zero-order valence-electron chi connectivity index (χ0n) is 2.72. The summed E-state index contributed by atoms with van der Waals surface area (Å²) in [4.78, 5) is 0. The molecule has 3 nitrogen and oxygen atoms in total. The van der Waals surface area contributed by atoms with Gasteiger partial charge in [0.25, 0.3) is 0 Å². The minimum absolute atomic E-state index is 0. The van der Waals surface area contributed by atoms with Gasteiger partial charge in [-0.1, -0.05) is 0 Å². The summed E-state index contributed by atoms with van der Waals surface area (Å²) < 4.78 is 22.0. The molecule has 0 unspecified atom stereocenters. The summed E-state index contributed by atoms with van der Waals surface area (Å²) in [6.45, 7) is 0. The van der Waals surface area contributed by atoms with Crippen LogP contribution in [0.15, 0.2) is 0 Å². The van der Waals surface area contributed by atoms with Gasteiger partial charge in [-0.3, -0.25) is 4.46 Å². The fourth-order valence-electron chi connectivity index (χ4n) is 0. The van der Waals surface area contributed by atoms with Crippen LogP contribution in [0.25, 0.3) is 0 Å². The molecule has 0 heterocycles. The van der Waals surface area contributed by atoms with E-state index in [-0.39, 0.29) is 17.4 Å². The van der Waals surface area contributed by atoms with Crippen molar-refractivity contribution in [2.75, 3.05) is 0 Å². The summed E-state index contributed by atoms with van der Waals surface area (Å²) in [6.07, 6.45) is 0. The molecule has 0 aliphatic heterocycles. The fourth-order valence-corrected chi connectivity index (χ4v) is 0. The maximum absolute atomic E-state index is 10.5. The average Bonchev–Trinajstić information content (AvgIpc) is 1.38. The molecule has 0 aromatic carbocycles. The van der Waals surface area contributed by atoms with Crippen LogP contribution in [0.3, 0.4) is 0 Å². The van der Waals surface area contributed by atoms with E-state index >= 15 is 0 Å². The Hall–Kier alpha value is 0.239. The molecule has 0 bridgehead atoms. The Labute approximate surface area is 45.8 Å². The van der Waals surface area contributed by atoms with Gasteiger partial charge < -0.3 is 4.58 Å². The summed E-state index contributed by atoms with van der Waals surface area (Å²) in [5, 5.41) is 7.00. The summed E-state index contributed by atoms with van der Waals surface area (Å²) in [5.74, 6) is 0. The van der Waals surface area contributed by atoms with Crippen molar-refractivity contribution in [1.82, 2.24) is 0 Å². The smallest absolute Gasteiger partial charge is 0.337 e. The van der Waals surface area contributed by atoms with Gasteiger partial charge in [0, 0.05) is 0 Å². The first-order valence-corrected chi connectivity index (χ1v) is 1.97. The average molecular weight is 123 g/mol. The second-order valence-electron chi connectivity index (χ2n) is 0.329. The summed E-state index contributed by atoms with van der Waals surface area (Å²) in [5.41, 5.74) is 0. The van der Waals surface area contributed by atoms with Crippen LogP contribution in [0.2, 0.25) is 0 Å². The summed E-state index contributed by atoms with van der Waals surface area (Å²) in [6, 6.07) is 0. The van der Waals surface area contributed by atoms with E-state index in [1.165, 1.54) is 0 Å². The van der Waals surface area contributed by atoms with E-state index in [0.29, 0.717) is 0 Å². The second-order valence-corrected chi connectivity index (χ2v) is 0.987. The summed E-state index contributed by atoms with van der Waals surface area (Å²) in [7, 11) is -3.57. The van der Waals surface area contributed by atoms with Crippen LogP contribution < -0.4 is 0 Å². The molecule has 0 atom stereocenters. The Kier molecular flexibility index (Phi) is 8.32. The molecule has 0 aromatic rings. The van der Waals surface area contributed by atoms with Crippen LogP contribution in [0.4, 0.5) is 4.11 Å². The van der Waals surface area contributed by atoms with E-state index in [9.17, 15) is 4.11 Å². The van der Waals surface area contributed by atoms with Crippen LogP contribution in [0.1, 0.15) is 0 Å². The van der Waals surface area contributed by atoms with Gasteiger partial charge in [-0.15, -0.1) is 0 Å². The van der Waals surface area contributed by atoms with Crippen LogP contribution in [0.5, 0.6) is 0 Å². The molecule has 0 radical (unpaired) electrons. The Balaban J connectivity index is 0. The second kappa shape index (κ2) is 5.24. The number of halogens is 1. The van der Waals surface area contributed by atoms with Crippen molar-refractivity contribution < 1.29 is 18.4 Å². The third-order valence-electron chi connectivity index (χ3n) is 0.0718. The maximum atomic E-state index is 10.5. The number of hydrogen-bond acceptors (Lipinski definition) is 3. The minimum Gasteiger partial charge on any atom is -0.337 e. The predicted octanol–water partition coefficient (Wildman–Crippen LogP) is -0.520. The summed E-state index contributed by atoms with van der Waals surface area (Å²) >= 11 is 0. The fraction of sp³-hybridized carbons (Fsp3) is 0. The molecule has 0 fully saturated rings. The van der Waals surface area contributed by atoms with Crippen molar-refractivity contribution in [3.8, 4) is 0 Å². The largest absolute Gasteiger partial charge is 3.00 e. The first-order chi connectivity index (χ1) is 2.27. The molecule has 0 rings (SSSR count). The molecular weight excluding hydrogens is 122 g/mol. The molecule has 1 N–H and O–H groups in total. The molecule has 0 saturated carbocycles. The number of rotatable bonds is 1. The zero-order valence-corrected chi connectivity index (χ0v) is 4.87. The SMILES string of the molecule is O=[Si](F)OO.[Al+3]. The van der Waals surface area contributed by atoms with Crippen LogP contribution >= 0.6 is 0 Å². The Morgan fingerprint density at radius 2 is 2.00 bits per heavy atom. The topological polar surface area (TPSA) is 46.5 Å². The Bertz CT molecular complexity index is 46.1. The standard InChI is InChI=1S/Al.FHO3Si/c;1-5(3)4-2/h;2H/q+3;. The molecule has 0 spiro atoms. The van der Waals surface area contributed by atoms with E-state index in [1.54, 1.807) is 0 Å². The Morgan fingerprint density at radius 1 is 1.83 bits per heavy atom. The molecule has 0 amide bonds. The van der Waals surface area contributed by atoms with E-state index < -0.39 is 9.26 Å². The van der Waals surface area contributed by atoms with Crippen LogP contribution in [0, 0.1) is 0 Å². The van der Waals surface area contributed by atoms with Gasteiger partial charge in [-0.2, -0.15) is 4.11 Å². The van der Waals surface area contributed by atoms with Gasteiger partial charge in [0.1, 0.15) is 0 Å². The van der Waals surface area contributed by atoms with Gasteiger partial charge in [0.2, 0.25) is 0 Å². The van der Waals surface area contributed by atoms with Gasteiger partial charge >= 0.3 is 26.6 Å². The van der Waals surface area contributed by atoms with Crippen LogP contribution in [-0.2, 0) is 9.04 Å². The van der Waals surface area contributed by atoms with E-state index in [1.807, 2.05) is 0 Å². The predicted molar refractivity (Wildman–Crippen MR) is 17.0 cm³/mol. The molecule has 0 aliphatic carbocycles.